The maximum Gasteiger partial charge on any atom is 0.141 e. The zero-order valence-electron chi connectivity index (χ0n) is 11.9. The molecule has 5 nitrogen and oxygen atoms in total. The Morgan fingerprint density at radius 2 is 2.33 bits per heavy atom. The molecule has 0 unspecified atom stereocenters. The molecule has 0 N–H and O–H groups in total. The Kier molecular flexibility index (Phi) is 3.11. The zero-order valence-corrected chi connectivity index (χ0v) is 12.8. The van der Waals surface area contributed by atoms with E-state index >= 15 is 0 Å². The summed E-state index contributed by atoms with van der Waals surface area (Å²) < 4.78 is 2.05. The molecule has 21 heavy (non-hydrogen) atoms. The molecule has 0 aliphatic carbocycles. The first kappa shape index (κ1) is 12.8. The van der Waals surface area contributed by atoms with Gasteiger partial charge in [-0.05, 0) is 36.8 Å². The van der Waals surface area contributed by atoms with E-state index in [-0.39, 0.29) is 0 Å². The highest BCUT2D eigenvalue weighted by atomic mass is 32.1. The number of thiophene rings is 1. The van der Waals surface area contributed by atoms with Crippen LogP contribution < -0.4 is 4.90 Å². The lowest BCUT2D eigenvalue weighted by Gasteiger charge is -2.26. The summed E-state index contributed by atoms with van der Waals surface area (Å²) in [6.07, 6.45) is 8.11. The van der Waals surface area contributed by atoms with E-state index in [9.17, 15) is 0 Å². The smallest absolute Gasteiger partial charge is 0.141 e. The number of hydrogen-bond acceptors (Lipinski definition) is 5. The van der Waals surface area contributed by atoms with Gasteiger partial charge in [-0.15, -0.1) is 11.3 Å². The van der Waals surface area contributed by atoms with Crippen molar-refractivity contribution in [3.63, 3.8) is 0 Å². The van der Waals surface area contributed by atoms with E-state index in [1.165, 1.54) is 23.8 Å². The van der Waals surface area contributed by atoms with E-state index in [0.29, 0.717) is 6.04 Å². The average Bonchev–Trinajstić information content (AvgIpc) is 3.19. The molecule has 3 aromatic heterocycles. The van der Waals surface area contributed by atoms with Crippen molar-refractivity contribution in [2.75, 3.05) is 11.4 Å². The van der Waals surface area contributed by atoms with Gasteiger partial charge in [-0.2, -0.15) is 5.10 Å². The van der Waals surface area contributed by atoms with Crippen LogP contribution in [0.3, 0.4) is 0 Å². The SMILES string of the molecule is Cc1cnn(C[C@H]2CCCN2c2ncnc3sccc23)c1. The van der Waals surface area contributed by atoms with Crippen LogP contribution in [0.2, 0.25) is 0 Å². The van der Waals surface area contributed by atoms with Crippen LogP contribution in [0.25, 0.3) is 10.2 Å². The summed E-state index contributed by atoms with van der Waals surface area (Å²) in [7, 11) is 0. The predicted molar refractivity (Wildman–Crippen MR) is 84.7 cm³/mol. The summed E-state index contributed by atoms with van der Waals surface area (Å²) in [6.45, 7) is 4.06. The highest BCUT2D eigenvalue weighted by molar-refractivity contribution is 7.16. The molecule has 108 valence electrons. The molecular formula is C15H17N5S. The van der Waals surface area contributed by atoms with E-state index in [4.69, 9.17) is 0 Å². The van der Waals surface area contributed by atoms with Gasteiger partial charge in [0, 0.05) is 12.7 Å². The van der Waals surface area contributed by atoms with Crippen molar-refractivity contribution in [2.24, 2.45) is 0 Å². The predicted octanol–water partition coefficient (Wildman–Crippen LogP) is 2.87. The van der Waals surface area contributed by atoms with Crippen molar-refractivity contribution in [2.45, 2.75) is 32.4 Å². The van der Waals surface area contributed by atoms with Crippen LogP contribution in [0, 0.1) is 6.92 Å². The Labute approximate surface area is 127 Å². The zero-order chi connectivity index (χ0) is 14.2. The number of rotatable bonds is 3. The fraction of sp³-hybridized carbons (Fsp3) is 0.400. The van der Waals surface area contributed by atoms with Gasteiger partial charge in [-0.3, -0.25) is 4.68 Å². The molecule has 6 heteroatoms. The number of hydrogen-bond donors (Lipinski definition) is 0. The second-order valence-electron chi connectivity index (χ2n) is 5.57. The minimum Gasteiger partial charge on any atom is -0.351 e. The summed E-state index contributed by atoms with van der Waals surface area (Å²) >= 11 is 1.67. The third-order valence-corrected chi connectivity index (χ3v) is 4.87. The van der Waals surface area contributed by atoms with Gasteiger partial charge in [0.05, 0.1) is 24.2 Å². The molecule has 1 fully saturated rings. The second-order valence-corrected chi connectivity index (χ2v) is 6.46. The van der Waals surface area contributed by atoms with Crippen molar-refractivity contribution in [3.05, 3.63) is 35.7 Å². The second kappa shape index (κ2) is 5.11. The van der Waals surface area contributed by atoms with E-state index in [1.54, 1.807) is 17.7 Å². The van der Waals surface area contributed by atoms with Gasteiger partial charge in [0.25, 0.3) is 0 Å². The molecule has 3 aromatic rings. The Morgan fingerprint density at radius 1 is 1.38 bits per heavy atom. The first-order valence-electron chi connectivity index (χ1n) is 7.25. The topological polar surface area (TPSA) is 46.8 Å². The molecule has 0 saturated carbocycles. The van der Waals surface area contributed by atoms with Crippen molar-refractivity contribution in [1.29, 1.82) is 0 Å². The Bertz CT molecular complexity index is 762. The van der Waals surface area contributed by atoms with Gasteiger partial charge in [-0.1, -0.05) is 0 Å². The molecule has 1 atom stereocenters. The molecule has 0 radical (unpaired) electrons. The van der Waals surface area contributed by atoms with Crippen molar-refractivity contribution in [3.8, 4) is 0 Å². The van der Waals surface area contributed by atoms with Crippen LogP contribution in [-0.2, 0) is 6.54 Å². The van der Waals surface area contributed by atoms with Gasteiger partial charge >= 0.3 is 0 Å². The van der Waals surface area contributed by atoms with Gasteiger partial charge < -0.3 is 4.90 Å². The van der Waals surface area contributed by atoms with Gasteiger partial charge in [-0.25, -0.2) is 9.97 Å². The Hall–Kier alpha value is -1.95. The third kappa shape index (κ3) is 2.29. The van der Waals surface area contributed by atoms with Crippen molar-refractivity contribution < 1.29 is 0 Å². The molecular weight excluding hydrogens is 282 g/mol. The quantitative estimate of drug-likeness (QED) is 0.746. The Balaban J connectivity index is 1.65. The molecule has 4 heterocycles. The van der Waals surface area contributed by atoms with Crippen LogP contribution >= 0.6 is 11.3 Å². The van der Waals surface area contributed by atoms with Crippen molar-refractivity contribution >= 4 is 27.4 Å². The van der Waals surface area contributed by atoms with Crippen LogP contribution in [0.5, 0.6) is 0 Å². The number of fused-ring (bicyclic) bond motifs is 1. The molecule has 1 aliphatic rings. The van der Waals surface area contributed by atoms with E-state index in [1.807, 2.05) is 10.9 Å². The van der Waals surface area contributed by atoms with Gasteiger partial charge in [0.1, 0.15) is 17.0 Å². The summed E-state index contributed by atoms with van der Waals surface area (Å²) in [5.41, 5.74) is 1.21. The monoisotopic (exact) mass is 299 g/mol. The van der Waals surface area contributed by atoms with E-state index in [0.717, 1.165) is 23.7 Å². The lowest BCUT2D eigenvalue weighted by Crippen LogP contribution is -2.33. The van der Waals surface area contributed by atoms with Crippen LogP contribution in [0.15, 0.2) is 30.2 Å². The largest absolute Gasteiger partial charge is 0.351 e. The molecule has 1 saturated heterocycles. The first-order valence-corrected chi connectivity index (χ1v) is 8.13. The standard InChI is InChI=1S/C15H17N5S/c1-11-7-18-19(8-11)9-12-3-2-5-20(12)14-13-4-6-21-15(13)17-10-16-14/h4,6-8,10,12H,2-3,5,9H2,1H3/t12-/m1/s1. The molecule has 0 amide bonds. The minimum absolute atomic E-state index is 0.460. The fourth-order valence-electron chi connectivity index (χ4n) is 3.09. The number of nitrogens with zero attached hydrogens (tertiary/aromatic N) is 5. The number of anilines is 1. The maximum absolute atomic E-state index is 4.55. The molecule has 0 bridgehead atoms. The number of aromatic nitrogens is 4. The van der Waals surface area contributed by atoms with E-state index in [2.05, 4.69) is 44.5 Å². The van der Waals surface area contributed by atoms with Crippen LogP contribution in [-0.4, -0.2) is 32.3 Å². The molecule has 0 spiro atoms. The highest BCUT2D eigenvalue weighted by Gasteiger charge is 2.27. The summed E-state index contributed by atoms with van der Waals surface area (Å²) in [5, 5.41) is 7.68. The van der Waals surface area contributed by atoms with E-state index < -0.39 is 0 Å². The fourth-order valence-corrected chi connectivity index (χ4v) is 3.82. The lowest BCUT2D eigenvalue weighted by atomic mass is 10.2. The summed E-state index contributed by atoms with van der Waals surface area (Å²) in [6, 6.07) is 2.59. The highest BCUT2D eigenvalue weighted by Crippen LogP contribution is 2.32. The summed E-state index contributed by atoms with van der Waals surface area (Å²) in [5.74, 6) is 1.08. The van der Waals surface area contributed by atoms with Crippen LogP contribution in [0.1, 0.15) is 18.4 Å². The third-order valence-electron chi connectivity index (χ3n) is 4.05. The average molecular weight is 299 g/mol. The Morgan fingerprint density at radius 3 is 3.19 bits per heavy atom. The van der Waals surface area contributed by atoms with Gasteiger partial charge in [0.15, 0.2) is 0 Å². The molecule has 4 rings (SSSR count). The molecule has 0 aromatic carbocycles. The maximum atomic E-state index is 4.55. The van der Waals surface area contributed by atoms with Crippen molar-refractivity contribution in [1.82, 2.24) is 19.7 Å². The molecule has 1 aliphatic heterocycles. The van der Waals surface area contributed by atoms with Crippen LogP contribution in [0.4, 0.5) is 5.82 Å². The van der Waals surface area contributed by atoms with Gasteiger partial charge in [0.2, 0.25) is 0 Å². The lowest BCUT2D eigenvalue weighted by molar-refractivity contribution is 0.508. The summed E-state index contributed by atoms with van der Waals surface area (Å²) in [4.78, 5) is 12.4. The number of aryl methyl sites for hydroxylation is 1. The normalized spacial score (nSPS) is 18.7. The first-order chi connectivity index (χ1) is 10.3. The minimum atomic E-state index is 0.460.